The molecule has 6 heteroatoms. The van der Waals surface area contributed by atoms with Crippen LogP contribution in [0.3, 0.4) is 0 Å². The van der Waals surface area contributed by atoms with Crippen molar-refractivity contribution in [3.05, 3.63) is 41.7 Å². The van der Waals surface area contributed by atoms with Crippen LogP contribution in [0.15, 0.2) is 30.6 Å². The van der Waals surface area contributed by atoms with E-state index in [0.29, 0.717) is 0 Å². The molecule has 6 nitrogen and oxygen atoms in total. The zero-order valence-electron chi connectivity index (χ0n) is 14.4. The largest absolute Gasteiger partial charge is 0.347 e. The minimum absolute atomic E-state index is 0.0343. The number of nitrogens with zero attached hydrogens (tertiary/aromatic N) is 4. The summed E-state index contributed by atoms with van der Waals surface area (Å²) in [5.74, 6) is 0.184. The fourth-order valence-electron chi connectivity index (χ4n) is 2.44. The molecule has 0 saturated carbocycles. The van der Waals surface area contributed by atoms with Gasteiger partial charge in [0.1, 0.15) is 12.9 Å². The summed E-state index contributed by atoms with van der Waals surface area (Å²) >= 11 is 0. The Hall–Kier alpha value is -2.24. The molecule has 1 atom stereocenters. The van der Waals surface area contributed by atoms with Crippen molar-refractivity contribution in [3.8, 4) is 0 Å². The summed E-state index contributed by atoms with van der Waals surface area (Å²) in [4.78, 5) is 12.2. The number of hydrogen-bond acceptors (Lipinski definition) is 4. The second-order valence-electron chi connectivity index (χ2n) is 7.17. The summed E-state index contributed by atoms with van der Waals surface area (Å²) in [6, 6.07) is 8.44. The van der Waals surface area contributed by atoms with Gasteiger partial charge >= 0.3 is 0 Å². The van der Waals surface area contributed by atoms with Crippen LogP contribution in [0, 0.1) is 5.92 Å². The van der Waals surface area contributed by atoms with Crippen LogP contribution in [0.1, 0.15) is 51.8 Å². The number of benzene rings is 1. The van der Waals surface area contributed by atoms with Gasteiger partial charge in [0.15, 0.2) is 0 Å². The lowest BCUT2D eigenvalue weighted by molar-refractivity contribution is -0.123. The monoisotopic (exact) mass is 315 g/mol. The van der Waals surface area contributed by atoms with E-state index in [2.05, 4.69) is 79.7 Å². The van der Waals surface area contributed by atoms with Gasteiger partial charge in [-0.15, -0.1) is 5.10 Å². The summed E-state index contributed by atoms with van der Waals surface area (Å²) in [5.41, 5.74) is 2.51. The second-order valence-corrected chi connectivity index (χ2v) is 7.17. The first-order valence-corrected chi connectivity index (χ1v) is 7.88. The number of carbonyl (C=O) groups is 1. The van der Waals surface area contributed by atoms with E-state index in [1.165, 1.54) is 16.6 Å². The molecule has 1 aromatic carbocycles. The fourth-order valence-corrected chi connectivity index (χ4v) is 2.44. The Bertz CT molecular complexity index is 626. The smallest absolute Gasteiger partial charge is 0.242 e. The standard InChI is InChI=1S/C17H25N5O/c1-12(2)16(19-15(23)10-22-11-18-20-21-22)13-6-8-14(9-7-13)17(3,4)5/h6-9,11-12,16H,10H2,1-5H3,(H,19,23). The molecule has 0 aliphatic heterocycles. The van der Waals surface area contributed by atoms with Crippen LogP contribution < -0.4 is 5.32 Å². The summed E-state index contributed by atoms with van der Waals surface area (Å²) in [7, 11) is 0. The number of hydrogen-bond donors (Lipinski definition) is 1. The van der Waals surface area contributed by atoms with Gasteiger partial charge in [-0.05, 0) is 32.9 Å². The number of aromatic nitrogens is 4. The van der Waals surface area contributed by atoms with Crippen LogP contribution in [0.4, 0.5) is 0 Å². The third-order valence-electron chi connectivity index (χ3n) is 3.82. The molecule has 1 heterocycles. The molecule has 23 heavy (non-hydrogen) atoms. The lowest BCUT2D eigenvalue weighted by atomic mass is 9.85. The van der Waals surface area contributed by atoms with Crippen molar-refractivity contribution >= 4 is 5.91 Å². The molecule has 124 valence electrons. The number of nitrogens with one attached hydrogen (secondary N) is 1. The van der Waals surface area contributed by atoms with Gasteiger partial charge in [-0.1, -0.05) is 58.9 Å². The van der Waals surface area contributed by atoms with Crippen molar-refractivity contribution in [1.29, 1.82) is 0 Å². The summed E-state index contributed by atoms with van der Waals surface area (Å²) in [6.07, 6.45) is 1.43. The van der Waals surface area contributed by atoms with Gasteiger partial charge in [-0.25, -0.2) is 4.68 Å². The zero-order chi connectivity index (χ0) is 17.0. The van der Waals surface area contributed by atoms with Crippen molar-refractivity contribution < 1.29 is 4.79 Å². The number of rotatable bonds is 5. The first kappa shape index (κ1) is 17.1. The summed E-state index contributed by atoms with van der Waals surface area (Å²) in [6.45, 7) is 10.9. The highest BCUT2D eigenvalue weighted by atomic mass is 16.2. The van der Waals surface area contributed by atoms with Crippen molar-refractivity contribution in [1.82, 2.24) is 25.5 Å². The third kappa shape index (κ3) is 4.61. The van der Waals surface area contributed by atoms with Crippen LogP contribution in [-0.2, 0) is 16.8 Å². The van der Waals surface area contributed by atoms with Gasteiger partial charge in [0.2, 0.25) is 5.91 Å². The molecular formula is C17H25N5O. The molecule has 0 radical (unpaired) electrons. The minimum Gasteiger partial charge on any atom is -0.347 e. The van der Waals surface area contributed by atoms with Crippen molar-refractivity contribution in [2.24, 2.45) is 5.92 Å². The predicted molar refractivity (Wildman–Crippen MR) is 88.7 cm³/mol. The Balaban J connectivity index is 2.10. The molecule has 1 unspecified atom stereocenters. The van der Waals surface area contributed by atoms with E-state index in [1.807, 2.05) is 0 Å². The molecule has 0 bridgehead atoms. The van der Waals surface area contributed by atoms with Gasteiger partial charge in [-0.3, -0.25) is 4.79 Å². The Morgan fingerprint density at radius 3 is 2.35 bits per heavy atom. The highest BCUT2D eigenvalue weighted by molar-refractivity contribution is 5.76. The lowest BCUT2D eigenvalue weighted by Gasteiger charge is -2.25. The number of tetrazole rings is 1. The zero-order valence-corrected chi connectivity index (χ0v) is 14.4. The topological polar surface area (TPSA) is 72.7 Å². The molecule has 1 aromatic heterocycles. The summed E-state index contributed by atoms with van der Waals surface area (Å²) < 4.78 is 1.41. The first-order valence-electron chi connectivity index (χ1n) is 7.88. The van der Waals surface area contributed by atoms with Gasteiger partial charge in [-0.2, -0.15) is 0 Å². The van der Waals surface area contributed by atoms with E-state index in [0.717, 1.165) is 5.56 Å². The van der Waals surface area contributed by atoms with E-state index >= 15 is 0 Å². The molecule has 0 aliphatic rings. The minimum atomic E-state index is -0.101. The number of carbonyl (C=O) groups excluding carboxylic acids is 1. The first-order chi connectivity index (χ1) is 10.8. The summed E-state index contributed by atoms with van der Waals surface area (Å²) in [5, 5.41) is 13.9. The lowest BCUT2D eigenvalue weighted by Crippen LogP contribution is -2.34. The van der Waals surface area contributed by atoms with Gasteiger partial charge in [0.25, 0.3) is 0 Å². The van der Waals surface area contributed by atoms with Gasteiger partial charge in [0, 0.05) is 0 Å². The second kappa shape index (κ2) is 6.89. The van der Waals surface area contributed by atoms with E-state index in [9.17, 15) is 4.79 Å². The molecule has 1 amide bonds. The predicted octanol–water partition coefficient (Wildman–Crippen LogP) is 2.48. The average Bonchev–Trinajstić information content (AvgIpc) is 2.96. The molecule has 2 rings (SSSR count). The average molecular weight is 315 g/mol. The Morgan fingerprint density at radius 1 is 1.22 bits per heavy atom. The SMILES string of the molecule is CC(C)C(NC(=O)Cn1cnnn1)c1ccc(C(C)(C)C)cc1. The molecular weight excluding hydrogens is 290 g/mol. The molecule has 0 fully saturated rings. The van der Waals surface area contributed by atoms with Crippen LogP contribution in [-0.4, -0.2) is 26.1 Å². The molecule has 2 aromatic rings. The van der Waals surface area contributed by atoms with Gasteiger partial charge < -0.3 is 5.32 Å². The normalized spacial score (nSPS) is 13.1. The van der Waals surface area contributed by atoms with E-state index in [4.69, 9.17) is 0 Å². The van der Waals surface area contributed by atoms with Crippen molar-refractivity contribution in [2.75, 3.05) is 0 Å². The maximum atomic E-state index is 12.2. The highest BCUT2D eigenvalue weighted by Crippen LogP contribution is 2.26. The third-order valence-corrected chi connectivity index (χ3v) is 3.82. The van der Waals surface area contributed by atoms with E-state index in [-0.39, 0.29) is 29.8 Å². The van der Waals surface area contributed by atoms with Crippen molar-refractivity contribution in [3.63, 3.8) is 0 Å². The maximum Gasteiger partial charge on any atom is 0.242 e. The van der Waals surface area contributed by atoms with Crippen LogP contribution >= 0.6 is 0 Å². The molecule has 1 N–H and O–H groups in total. The Morgan fingerprint density at radius 2 is 1.87 bits per heavy atom. The van der Waals surface area contributed by atoms with E-state index in [1.54, 1.807) is 0 Å². The molecule has 0 spiro atoms. The Labute approximate surface area is 137 Å². The quantitative estimate of drug-likeness (QED) is 0.920. The molecule has 0 saturated heterocycles. The van der Waals surface area contributed by atoms with Gasteiger partial charge in [0.05, 0.1) is 6.04 Å². The van der Waals surface area contributed by atoms with Crippen LogP contribution in [0.2, 0.25) is 0 Å². The Kier molecular flexibility index (Phi) is 5.13. The maximum absolute atomic E-state index is 12.2. The van der Waals surface area contributed by atoms with Crippen LogP contribution in [0.5, 0.6) is 0 Å². The van der Waals surface area contributed by atoms with Crippen molar-refractivity contribution in [2.45, 2.75) is 52.6 Å². The fraction of sp³-hybridized carbons (Fsp3) is 0.529. The van der Waals surface area contributed by atoms with E-state index < -0.39 is 0 Å². The molecule has 0 aliphatic carbocycles. The van der Waals surface area contributed by atoms with Crippen LogP contribution in [0.25, 0.3) is 0 Å². The highest BCUT2D eigenvalue weighted by Gasteiger charge is 2.20. The number of amides is 1.